The van der Waals surface area contributed by atoms with Crippen molar-refractivity contribution >= 4 is 15.9 Å². The van der Waals surface area contributed by atoms with Gasteiger partial charge in [-0.1, -0.05) is 13.3 Å². The lowest BCUT2D eigenvalue weighted by Gasteiger charge is -2.34. The molecule has 0 saturated carbocycles. The van der Waals surface area contributed by atoms with Gasteiger partial charge in [0.1, 0.15) is 5.69 Å². The second-order valence-electron chi connectivity index (χ2n) is 6.78. The number of amides is 1. The zero-order valence-corrected chi connectivity index (χ0v) is 16.9. The molecule has 2 atom stereocenters. The van der Waals surface area contributed by atoms with Gasteiger partial charge in [-0.15, -0.1) is 0 Å². The maximum atomic E-state index is 12.5. The van der Waals surface area contributed by atoms with Crippen LogP contribution in [-0.4, -0.2) is 66.0 Å². The van der Waals surface area contributed by atoms with E-state index in [0.717, 1.165) is 12.8 Å². The van der Waals surface area contributed by atoms with E-state index < -0.39 is 15.9 Å². The van der Waals surface area contributed by atoms with Crippen LogP contribution in [0.4, 0.5) is 0 Å². The Morgan fingerprint density at radius 1 is 1.30 bits per heavy atom. The van der Waals surface area contributed by atoms with Crippen LogP contribution in [0.3, 0.4) is 0 Å². The number of aromatic nitrogens is 2. The van der Waals surface area contributed by atoms with Crippen LogP contribution < -0.4 is 10.9 Å². The summed E-state index contributed by atoms with van der Waals surface area (Å²) in [6.07, 6.45) is 1.37. The Morgan fingerprint density at radius 3 is 2.59 bits per heavy atom. The number of aryl methyl sites for hydroxylation is 1. The van der Waals surface area contributed by atoms with Crippen molar-refractivity contribution in [2.75, 3.05) is 25.4 Å². The number of hydrogen-bond acceptors (Lipinski definition) is 6. The highest BCUT2D eigenvalue weighted by molar-refractivity contribution is 7.89. The molecule has 10 heteroatoms. The summed E-state index contributed by atoms with van der Waals surface area (Å²) in [5, 5.41) is 6.62. The van der Waals surface area contributed by atoms with Crippen molar-refractivity contribution in [3.05, 3.63) is 28.2 Å². The molecule has 1 amide bonds. The van der Waals surface area contributed by atoms with Crippen LogP contribution in [-0.2, 0) is 21.3 Å². The SMILES string of the molecule is CCCCn1nc(C(=O)NCCS(=O)(=O)N2CC(C)OC(C)C2)ccc1=O. The van der Waals surface area contributed by atoms with Gasteiger partial charge in [0, 0.05) is 32.2 Å². The molecule has 2 rings (SSSR count). The number of carbonyl (C=O) groups excluding carboxylic acids is 1. The molecule has 9 nitrogen and oxygen atoms in total. The molecule has 0 aliphatic carbocycles. The van der Waals surface area contributed by atoms with Crippen molar-refractivity contribution in [1.29, 1.82) is 0 Å². The van der Waals surface area contributed by atoms with Gasteiger partial charge in [0.25, 0.3) is 11.5 Å². The molecule has 27 heavy (non-hydrogen) atoms. The fourth-order valence-electron chi connectivity index (χ4n) is 2.91. The van der Waals surface area contributed by atoms with Crippen molar-refractivity contribution in [1.82, 2.24) is 19.4 Å². The summed E-state index contributed by atoms with van der Waals surface area (Å²) >= 11 is 0. The van der Waals surface area contributed by atoms with E-state index in [0.29, 0.717) is 19.6 Å². The topological polar surface area (TPSA) is 111 Å². The van der Waals surface area contributed by atoms with Crippen LogP contribution in [0.25, 0.3) is 0 Å². The van der Waals surface area contributed by atoms with Gasteiger partial charge in [0.2, 0.25) is 10.0 Å². The molecule has 1 aliphatic rings. The number of unbranched alkanes of at least 4 members (excludes halogenated alkanes) is 1. The van der Waals surface area contributed by atoms with Gasteiger partial charge in [-0.25, -0.2) is 13.1 Å². The average Bonchev–Trinajstić information content (AvgIpc) is 2.60. The summed E-state index contributed by atoms with van der Waals surface area (Å²) in [7, 11) is -3.49. The molecule has 1 aromatic rings. The molecule has 2 heterocycles. The fourth-order valence-corrected chi connectivity index (χ4v) is 4.40. The standard InChI is InChI=1S/C17H28N4O5S/c1-4-5-9-21-16(22)7-6-15(19-21)17(23)18-8-10-27(24,25)20-11-13(2)26-14(3)12-20/h6-7,13-14H,4-5,8-12H2,1-3H3,(H,18,23). The molecular formula is C17H28N4O5S. The summed E-state index contributed by atoms with van der Waals surface area (Å²) < 4.78 is 33.1. The van der Waals surface area contributed by atoms with E-state index in [1.807, 2.05) is 20.8 Å². The number of morpholine rings is 1. The highest BCUT2D eigenvalue weighted by Gasteiger charge is 2.30. The van der Waals surface area contributed by atoms with Crippen molar-refractivity contribution in [3.8, 4) is 0 Å². The Kier molecular flexibility index (Phi) is 7.51. The summed E-state index contributed by atoms with van der Waals surface area (Å²) in [6, 6.07) is 2.64. The molecule has 0 bridgehead atoms. The van der Waals surface area contributed by atoms with Gasteiger partial charge in [-0.3, -0.25) is 9.59 Å². The minimum atomic E-state index is -3.49. The summed E-state index contributed by atoms with van der Waals surface area (Å²) in [5.74, 6) is -0.702. The van der Waals surface area contributed by atoms with Gasteiger partial charge in [0.15, 0.2) is 0 Å². The minimum Gasteiger partial charge on any atom is -0.373 e. The van der Waals surface area contributed by atoms with Crippen molar-refractivity contribution in [2.45, 2.75) is 52.4 Å². The molecule has 0 radical (unpaired) electrons. The van der Waals surface area contributed by atoms with Crippen molar-refractivity contribution in [2.24, 2.45) is 0 Å². The van der Waals surface area contributed by atoms with E-state index in [1.54, 1.807) is 0 Å². The van der Waals surface area contributed by atoms with Crippen LogP contribution >= 0.6 is 0 Å². The highest BCUT2D eigenvalue weighted by Crippen LogP contribution is 2.14. The molecule has 0 aromatic carbocycles. The van der Waals surface area contributed by atoms with E-state index in [4.69, 9.17) is 4.74 Å². The smallest absolute Gasteiger partial charge is 0.271 e. The Bertz CT molecular complexity index is 798. The second kappa shape index (κ2) is 9.43. The van der Waals surface area contributed by atoms with Gasteiger partial charge in [-0.2, -0.15) is 9.40 Å². The predicted octanol–water partition coefficient (Wildman–Crippen LogP) is 0.212. The minimum absolute atomic E-state index is 0.0307. The predicted molar refractivity (Wildman–Crippen MR) is 101 cm³/mol. The third-order valence-electron chi connectivity index (χ3n) is 4.25. The van der Waals surface area contributed by atoms with E-state index in [1.165, 1.54) is 21.1 Å². The molecule has 1 N–H and O–H groups in total. The number of nitrogens with one attached hydrogen (secondary N) is 1. The Morgan fingerprint density at radius 2 is 1.96 bits per heavy atom. The molecule has 1 aliphatic heterocycles. The Hall–Kier alpha value is -1.78. The zero-order valence-electron chi connectivity index (χ0n) is 16.1. The monoisotopic (exact) mass is 400 g/mol. The largest absolute Gasteiger partial charge is 0.373 e. The lowest BCUT2D eigenvalue weighted by molar-refractivity contribution is -0.0440. The molecule has 1 aromatic heterocycles. The van der Waals surface area contributed by atoms with E-state index >= 15 is 0 Å². The van der Waals surface area contributed by atoms with Crippen LogP contribution in [0.5, 0.6) is 0 Å². The van der Waals surface area contributed by atoms with Crippen molar-refractivity contribution < 1.29 is 17.9 Å². The van der Waals surface area contributed by atoms with E-state index in [2.05, 4.69) is 10.4 Å². The Labute approximate surface area is 159 Å². The maximum Gasteiger partial charge on any atom is 0.271 e. The average molecular weight is 401 g/mol. The molecule has 1 saturated heterocycles. The van der Waals surface area contributed by atoms with Crippen LogP contribution in [0.1, 0.15) is 44.1 Å². The molecule has 152 valence electrons. The van der Waals surface area contributed by atoms with Crippen LogP contribution in [0, 0.1) is 0 Å². The van der Waals surface area contributed by atoms with Gasteiger partial charge < -0.3 is 10.1 Å². The normalized spacial score (nSPS) is 21.1. The summed E-state index contributed by atoms with van der Waals surface area (Å²) in [5.41, 5.74) is -0.171. The number of sulfonamides is 1. The third kappa shape index (κ3) is 6.12. The number of carbonyl (C=O) groups is 1. The van der Waals surface area contributed by atoms with E-state index in [9.17, 15) is 18.0 Å². The van der Waals surface area contributed by atoms with Gasteiger partial charge in [0.05, 0.1) is 18.0 Å². The van der Waals surface area contributed by atoms with E-state index in [-0.39, 0.29) is 35.8 Å². The molecule has 1 fully saturated rings. The highest BCUT2D eigenvalue weighted by atomic mass is 32.2. The first-order valence-electron chi connectivity index (χ1n) is 9.22. The van der Waals surface area contributed by atoms with Gasteiger partial charge >= 0.3 is 0 Å². The fraction of sp³-hybridized carbons (Fsp3) is 0.706. The first-order valence-corrected chi connectivity index (χ1v) is 10.8. The van der Waals surface area contributed by atoms with Crippen LogP contribution in [0.2, 0.25) is 0 Å². The zero-order chi connectivity index (χ0) is 20.0. The Balaban J connectivity index is 1.92. The quantitative estimate of drug-likeness (QED) is 0.668. The summed E-state index contributed by atoms with van der Waals surface area (Å²) in [4.78, 5) is 24.0. The van der Waals surface area contributed by atoms with Crippen molar-refractivity contribution in [3.63, 3.8) is 0 Å². The number of nitrogens with zero attached hydrogens (tertiary/aromatic N) is 3. The third-order valence-corrected chi connectivity index (χ3v) is 6.05. The maximum absolute atomic E-state index is 12.5. The second-order valence-corrected chi connectivity index (χ2v) is 8.87. The number of ether oxygens (including phenoxy) is 1. The lowest BCUT2D eigenvalue weighted by Crippen LogP contribution is -2.49. The molecular weight excluding hydrogens is 372 g/mol. The first-order chi connectivity index (χ1) is 12.7. The lowest BCUT2D eigenvalue weighted by atomic mass is 10.3. The first kappa shape index (κ1) is 21.5. The number of rotatable bonds is 8. The molecule has 0 spiro atoms. The van der Waals surface area contributed by atoms with Gasteiger partial charge in [-0.05, 0) is 26.3 Å². The molecule has 2 unspecified atom stereocenters. The van der Waals surface area contributed by atoms with Crippen LogP contribution in [0.15, 0.2) is 16.9 Å². The number of hydrogen-bond donors (Lipinski definition) is 1. The summed E-state index contributed by atoms with van der Waals surface area (Å²) in [6.45, 7) is 6.70.